The van der Waals surface area contributed by atoms with Crippen LogP contribution < -0.4 is 0 Å². The van der Waals surface area contributed by atoms with Crippen molar-refractivity contribution in [3.63, 3.8) is 0 Å². The molecule has 0 N–H and O–H groups in total. The molecule has 84 valence electrons. The molecule has 2 heteroatoms. The molecule has 0 aromatic heterocycles. The van der Waals surface area contributed by atoms with E-state index in [2.05, 4.69) is 37.7 Å². The monoisotopic (exact) mass is 198 g/mol. The van der Waals surface area contributed by atoms with Gasteiger partial charge in [-0.05, 0) is 51.9 Å². The standard InChI is InChI=1S/C12H26N2/c1-5-8-14-10-12(6-2,11-14)7-9-13(3)4/h5-11H2,1-4H3. The Hall–Kier alpha value is -0.0800. The molecule has 0 aromatic carbocycles. The van der Waals surface area contributed by atoms with Crippen LogP contribution in [0.2, 0.25) is 0 Å². The maximum absolute atomic E-state index is 2.60. The van der Waals surface area contributed by atoms with Crippen LogP contribution in [0.3, 0.4) is 0 Å². The second-order valence-electron chi connectivity index (χ2n) is 5.12. The summed E-state index contributed by atoms with van der Waals surface area (Å²) in [5, 5.41) is 0. The number of rotatable bonds is 6. The van der Waals surface area contributed by atoms with E-state index in [-0.39, 0.29) is 0 Å². The van der Waals surface area contributed by atoms with Gasteiger partial charge in [0.25, 0.3) is 0 Å². The Morgan fingerprint density at radius 2 is 1.86 bits per heavy atom. The summed E-state index contributed by atoms with van der Waals surface area (Å²) in [4.78, 5) is 4.90. The molecule has 1 fully saturated rings. The van der Waals surface area contributed by atoms with Gasteiger partial charge in [-0.25, -0.2) is 0 Å². The van der Waals surface area contributed by atoms with Crippen LogP contribution >= 0.6 is 0 Å². The quantitative estimate of drug-likeness (QED) is 0.644. The molecule has 0 saturated carbocycles. The van der Waals surface area contributed by atoms with Crippen molar-refractivity contribution >= 4 is 0 Å². The first kappa shape index (κ1) is 12.0. The van der Waals surface area contributed by atoms with Crippen molar-refractivity contribution < 1.29 is 0 Å². The van der Waals surface area contributed by atoms with E-state index in [4.69, 9.17) is 0 Å². The van der Waals surface area contributed by atoms with Crippen LogP contribution in [0.4, 0.5) is 0 Å². The van der Waals surface area contributed by atoms with Crippen molar-refractivity contribution in [3.05, 3.63) is 0 Å². The lowest BCUT2D eigenvalue weighted by molar-refractivity contribution is -0.0134. The highest BCUT2D eigenvalue weighted by Crippen LogP contribution is 2.37. The molecule has 0 amide bonds. The van der Waals surface area contributed by atoms with E-state index < -0.39 is 0 Å². The summed E-state index contributed by atoms with van der Waals surface area (Å²) in [7, 11) is 4.34. The molecule has 0 radical (unpaired) electrons. The normalized spacial score (nSPS) is 21.2. The summed E-state index contributed by atoms with van der Waals surface area (Å²) in [6, 6.07) is 0. The fourth-order valence-electron chi connectivity index (χ4n) is 2.40. The van der Waals surface area contributed by atoms with Crippen LogP contribution in [0.1, 0.15) is 33.1 Å². The molecular formula is C12H26N2. The van der Waals surface area contributed by atoms with E-state index in [1.165, 1.54) is 45.4 Å². The first-order valence-corrected chi connectivity index (χ1v) is 5.99. The lowest BCUT2D eigenvalue weighted by atomic mass is 9.74. The van der Waals surface area contributed by atoms with E-state index in [1.54, 1.807) is 0 Å². The van der Waals surface area contributed by atoms with Crippen LogP contribution in [0.25, 0.3) is 0 Å². The van der Waals surface area contributed by atoms with E-state index in [1.807, 2.05) is 0 Å². The molecule has 0 aliphatic carbocycles. The molecule has 1 rings (SSSR count). The summed E-state index contributed by atoms with van der Waals surface area (Å²) >= 11 is 0. The zero-order valence-electron chi connectivity index (χ0n) is 10.3. The summed E-state index contributed by atoms with van der Waals surface area (Å²) in [6.45, 7) is 9.83. The Labute approximate surface area is 89.3 Å². The lowest BCUT2D eigenvalue weighted by Gasteiger charge is -2.50. The summed E-state index contributed by atoms with van der Waals surface area (Å²) in [5.74, 6) is 0. The summed E-state index contributed by atoms with van der Waals surface area (Å²) < 4.78 is 0. The van der Waals surface area contributed by atoms with Gasteiger partial charge in [-0.3, -0.25) is 0 Å². The van der Waals surface area contributed by atoms with Gasteiger partial charge >= 0.3 is 0 Å². The van der Waals surface area contributed by atoms with E-state index in [0.717, 1.165) is 0 Å². The summed E-state index contributed by atoms with van der Waals surface area (Å²) in [6.07, 6.45) is 4.02. The van der Waals surface area contributed by atoms with Crippen molar-refractivity contribution in [2.45, 2.75) is 33.1 Å². The first-order chi connectivity index (χ1) is 6.62. The van der Waals surface area contributed by atoms with Gasteiger partial charge in [0, 0.05) is 13.1 Å². The maximum atomic E-state index is 2.60. The van der Waals surface area contributed by atoms with Gasteiger partial charge in [-0.15, -0.1) is 0 Å². The number of nitrogens with zero attached hydrogens (tertiary/aromatic N) is 2. The van der Waals surface area contributed by atoms with Gasteiger partial charge < -0.3 is 9.80 Å². The molecule has 1 aliphatic heterocycles. The van der Waals surface area contributed by atoms with Gasteiger partial charge in [0.15, 0.2) is 0 Å². The third-order valence-electron chi connectivity index (χ3n) is 3.50. The molecule has 0 aromatic rings. The second-order valence-corrected chi connectivity index (χ2v) is 5.12. The third kappa shape index (κ3) is 2.96. The van der Waals surface area contributed by atoms with Gasteiger partial charge in [-0.1, -0.05) is 13.8 Å². The van der Waals surface area contributed by atoms with Gasteiger partial charge in [0.1, 0.15) is 0 Å². The minimum absolute atomic E-state index is 0.652. The predicted molar refractivity (Wildman–Crippen MR) is 62.6 cm³/mol. The minimum Gasteiger partial charge on any atom is -0.309 e. The molecule has 0 spiro atoms. The predicted octanol–water partition coefficient (Wildman–Crippen LogP) is 2.06. The Balaban J connectivity index is 2.26. The zero-order chi connectivity index (χ0) is 10.6. The molecule has 0 atom stereocenters. The van der Waals surface area contributed by atoms with Crippen LogP contribution in [0.15, 0.2) is 0 Å². The van der Waals surface area contributed by atoms with Crippen molar-refractivity contribution in [3.8, 4) is 0 Å². The topological polar surface area (TPSA) is 6.48 Å². The largest absolute Gasteiger partial charge is 0.309 e. The fraction of sp³-hybridized carbons (Fsp3) is 1.00. The molecule has 1 saturated heterocycles. The summed E-state index contributed by atoms with van der Waals surface area (Å²) in [5.41, 5.74) is 0.652. The zero-order valence-corrected chi connectivity index (χ0v) is 10.3. The van der Waals surface area contributed by atoms with Crippen molar-refractivity contribution in [2.24, 2.45) is 5.41 Å². The average molecular weight is 198 g/mol. The van der Waals surface area contributed by atoms with Crippen LogP contribution in [0, 0.1) is 5.41 Å². The third-order valence-corrected chi connectivity index (χ3v) is 3.50. The Morgan fingerprint density at radius 1 is 1.21 bits per heavy atom. The molecule has 1 aliphatic rings. The molecule has 2 nitrogen and oxygen atoms in total. The highest BCUT2D eigenvalue weighted by atomic mass is 15.2. The maximum Gasteiger partial charge on any atom is 0.00508 e. The second kappa shape index (κ2) is 5.13. The van der Waals surface area contributed by atoms with Crippen LogP contribution in [-0.4, -0.2) is 50.1 Å². The average Bonchev–Trinajstić information content (AvgIpc) is 2.08. The van der Waals surface area contributed by atoms with Gasteiger partial charge in [0.05, 0.1) is 0 Å². The Morgan fingerprint density at radius 3 is 2.29 bits per heavy atom. The van der Waals surface area contributed by atoms with Crippen molar-refractivity contribution in [1.29, 1.82) is 0 Å². The van der Waals surface area contributed by atoms with Crippen LogP contribution in [0.5, 0.6) is 0 Å². The first-order valence-electron chi connectivity index (χ1n) is 5.99. The Kier molecular flexibility index (Phi) is 4.39. The number of hydrogen-bond donors (Lipinski definition) is 0. The smallest absolute Gasteiger partial charge is 0.00508 e. The highest BCUT2D eigenvalue weighted by molar-refractivity contribution is 4.93. The number of hydrogen-bond acceptors (Lipinski definition) is 2. The minimum atomic E-state index is 0.652. The van der Waals surface area contributed by atoms with E-state index in [9.17, 15) is 0 Å². The molecule has 1 heterocycles. The number of likely N-dealkylation sites (tertiary alicyclic amines) is 1. The Bertz CT molecular complexity index is 160. The van der Waals surface area contributed by atoms with Crippen molar-refractivity contribution in [1.82, 2.24) is 9.80 Å². The fourth-order valence-corrected chi connectivity index (χ4v) is 2.40. The molecular weight excluding hydrogens is 172 g/mol. The SMILES string of the molecule is CCCN1CC(CC)(CCN(C)C)C1. The van der Waals surface area contributed by atoms with Crippen molar-refractivity contribution in [2.75, 3.05) is 40.3 Å². The van der Waals surface area contributed by atoms with Gasteiger partial charge in [0.2, 0.25) is 0 Å². The lowest BCUT2D eigenvalue weighted by Crippen LogP contribution is -2.56. The molecule has 0 unspecified atom stereocenters. The van der Waals surface area contributed by atoms with E-state index in [0.29, 0.717) is 5.41 Å². The molecule has 14 heavy (non-hydrogen) atoms. The molecule has 0 bridgehead atoms. The van der Waals surface area contributed by atoms with Crippen LogP contribution in [-0.2, 0) is 0 Å². The van der Waals surface area contributed by atoms with E-state index >= 15 is 0 Å². The van der Waals surface area contributed by atoms with Gasteiger partial charge in [-0.2, -0.15) is 0 Å². The highest BCUT2D eigenvalue weighted by Gasteiger charge is 2.40.